The lowest BCUT2D eigenvalue weighted by atomic mass is 10.2. The number of rotatable bonds is 7. The van der Waals surface area contributed by atoms with E-state index in [9.17, 15) is 9.59 Å². The molecule has 136 valence electrons. The van der Waals surface area contributed by atoms with Crippen LogP contribution in [0.2, 0.25) is 5.02 Å². The van der Waals surface area contributed by atoms with Crippen LogP contribution in [0.15, 0.2) is 48.5 Å². The maximum absolute atomic E-state index is 11.9. The van der Waals surface area contributed by atoms with E-state index in [-0.39, 0.29) is 0 Å². The average molecular weight is 376 g/mol. The molecule has 0 radical (unpaired) electrons. The van der Waals surface area contributed by atoms with E-state index in [1.165, 1.54) is 13.2 Å². The van der Waals surface area contributed by atoms with Crippen molar-refractivity contribution in [3.8, 4) is 11.5 Å². The van der Waals surface area contributed by atoms with Crippen LogP contribution in [0.1, 0.15) is 5.56 Å². The van der Waals surface area contributed by atoms with Crippen LogP contribution in [0, 0.1) is 0 Å². The second kappa shape index (κ2) is 9.48. The minimum Gasteiger partial charge on any atom is -0.497 e. The number of amides is 1. The Kier molecular flexibility index (Phi) is 7.05. The fourth-order valence-corrected chi connectivity index (χ4v) is 2.20. The van der Waals surface area contributed by atoms with Crippen molar-refractivity contribution in [2.45, 2.75) is 0 Å². The minimum atomic E-state index is -0.631. The summed E-state index contributed by atoms with van der Waals surface area (Å²) in [6.45, 7) is -0.429. The van der Waals surface area contributed by atoms with E-state index < -0.39 is 18.5 Å². The normalized spacial score (nSPS) is 10.4. The van der Waals surface area contributed by atoms with Crippen LogP contribution in [0.4, 0.5) is 5.69 Å². The summed E-state index contributed by atoms with van der Waals surface area (Å²) in [6.07, 6.45) is 2.83. The lowest BCUT2D eigenvalue weighted by molar-refractivity contribution is -0.142. The number of methoxy groups -OCH3 is 2. The van der Waals surface area contributed by atoms with Crippen LogP contribution in [-0.2, 0) is 14.3 Å². The average Bonchev–Trinajstić information content (AvgIpc) is 2.65. The highest BCUT2D eigenvalue weighted by Gasteiger charge is 2.10. The topological polar surface area (TPSA) is 73.9 Å². The number of ether oxygens (including phenoxy) is 3. The summed E-state index contributed by atoms with van der Waals surface area (Å²) in [7, 11) is 3.05. The number of halogens is 1. The number of anilines is 1. The van der Waals surface area contributed by atoms with Crippen molar-refractivity contribution in [1.29, 1.82) is 0 Å². The molecule has 0 saturated heterocycles. The number of hydrogen-bond acceptors (Lipinski definition) is 5. The number of nitrogens with one attached hydrogen (secondary N) is 1. The van der Waals surface area contributed by atoms with Crippen molar-refractivity contribution >= 4 is 35.2 Å². The molecule has 1 N–H and O–H groups in total. The Bertz CT molecular complexity index is 802. The molecule has 1 amide bonds. The monoisotopic (exact) mass is 375 g/mol. The molecule has 26 heavy (non-hydrogen) atoms. The molecule has 0 atom stereocenters. The predicted octanol–water partition coefficient (Wildman–Crippen LogP) is 3.55. The highest BCUT2D eigenvalue weighted by molar-refractivity contribution is 6.31. The van der Waals surface area contributed by atoms with Crippen molar-refractivity contribution in [3.63, 3.8) is 0 Å². The number of hydrogen-bond donors (Lipinski definition) is 1. The van der Waals surface area contributed by atoms with Crippen molar-refractivity contribution in [1.82, 2.24) is 0 Å². The first-order valence-electron chi connectivity index (χ1n) is 7.64. The third kappa shape index (κ3) is 5.82. The van der Waals surface area contributed by atoms with Crippen LogP contribution < -0.4 is 14.8 Å². The van der Waals surface area contributed by atoms with E-state index in [2.05, 4.69) is 5.32 Å². The van der Waals surface area contributed by atoms with Gasteiger partial charge in [-0.25, -0.2) is 4.79 Å². The van der Waals surface area contributed by atoms with Gasteiger partial charge in [0.25, 0.3) is 5.91 Å². The van der Waals surface area contributed by atoms with Crippen LogP contribution in [-0.4, -0.2) is 32.7 Å². The third-order valence-corrected chi connectivity index (χ3v) is 3.54. The SMILES string of the molecule is COc1ccc(/C=C/C(=O)OCC(=O)Nc2cc(Cl)ccc2OC)cc1. The van der Waals surface area contributed by atoms with Crippen LogP contribution in [0.25, 0.3) is 6.08 Å². The maximum Gasteiger partial charge on any atom is 0.331 e. The number of carbonyl (C=O) groups excluding carboxylic acids is 2. The first kappa shape index (κ1) is 19.3. The van der Waals surface area contributed by atoms with Gasteiger partial charge in [-0.05, 0) is 42.0 Å². The molecule has 0 heterocycles. The molecule has 0 aliphatic heterocycles. The van der Waals surface area contributed by atoms with E-state index in [1.54, 1.807) is 55.7 Å². The molecule has 2 aromatic carbocycles. The Hall–Kier alpha value is -2.99. The van der Waals surface area contributed by atoms with E-state index in [4.69, 9.17) is 25.8 Å². The largest absolute Gasteiger partial charge is 0.497 e. The second-order valence-electron chi connectivity index (χ2n) is 5.11. The summed E-state index contributed by atoms with van der Waals surface area (Å²) >= 11 is 5.89. The summed E-state index contributed by atoms with van der Waals surface area (Å²) < 4.78 is 15.1. The summed E-state index contributed by atoms with van der Waals surface area (Å²) in [4.78, 5) is 23.6. The smallest absolute Gasteiger partial charge is 0.331 e. The van der Waals surface area contributed by atoms with Gasteiger partial charge in [0.2, 0.25) is 0 Å². The van der Waals surface area contributed by atoms with Gasteiger partial charge in [-0.2, -0.15) is 0 Å². The van der Waals surface area contributed by atoms with Crippen molar-refractivity contribution in [2.24, 2.45) is 0 Å². The molecule has 0 aliphatic rings. The molecule has 0 spiro atoms. The third-order valence-electron chi connectivity index (χ3n) is 3.31. The summed E-state index contributed by atoms with van der Waals surface area (Å²) in [5.74, 6) is 0.0390. The molecular weight excluding hydrogens is 358 g/mol. The molecule has 2 rings (SSSR count). The quantitative estimate of drug-likeness (QED) is 0.591. The van der Waals surface area contributed by atoms with Crippen molar-refractivity contribution in [2.75, 3.05) is 26.1 Å². The Morgan fingerprint density at radius 2 is 1.81 bits per heavy atom. The Balaban J connectivity index is 1.85. The first-order chi connectivity index (χ1) is 12.5. The molecular formula is C19H18ClNO5. The Labute approximate surface area is 156 Å². The second-order valence-corrected chi connectivity index (χ2v) is 5.54. The fraction of sp³-hybridized carbons (Fsp3) is 0.158. The lowest BCUT2D eigenvalue weighted by Gasteiger charge is -2.10. The number of esters is 1. The predicted molar refractivity (Wildman–Crippen MR) is 99.6 cm³/mol. The Morgan fingerprint density at radius 1 is 1.08 bits per heavy atom. The minimum absolute atomic E-state index is 0.398. The van der Waals surface area contributed by atoms with Gasteiger partial charge in [0.1, 0.15) is 11.5 Å². The zero-order chi connectivity index (χ0) is 18.9. The van der Waals surface area contributed by atoms with Gasteiger partial charge in [0, 0.05) is 11.1 Å². The van der Waals surface area contributed by atoms with Gasteiger partial charge in [-0.1, -0.05) is 23.7 Å². The van der Waals surface area contributed by atoms with Gasteiger partial charge < -0.3 is 19.5 Å². The molecule has 0 aromatic heterocycles. The van der Waals surface area contributed by atoms with Crippen molar-refractivity contribution < 1.29 is 23.8 Å². The van der Waals surface area contributed by atoms with Gasteiger partial charge >= 0.3 is 5.97 Å². The van der Waals surface area contributed by atoms with Crippen LogP contribution >= 0.6 is 11.6 Å². The van der Waals surface area contributed by atoms with Gasteiger partial charge in [-0.3, -0.25) is 4.79 Å². The van der Waals surface area contributed by atoms with Crippen molar-refractivity contribution in [3.05, 3.63) is 59.1 Å². The zero-order valence-corrected chi connectivity index (χ0v) is 15.1. The Morgan fingerprint density at radius 3 is 2.46 bits per heavy atom. The summed E-state index contributed by atoms with van der Waals surface area (Å²) in [5.41, 5.74) is 1.20. The zero-order valence-electron chi connectivity index (χ0n) is 14.3. The number of carbonyl (C=O) groups is 2. The van der Waals surface area contributed by atoms with Crippen LogP contribution in [0.5, 0.6) is 11.5 Å². The van der Waals surface area contributed by atoms with E-state index in [0.717, 1.165) is 11.3 Å². The fourth-order valence-electron chi connectivity index (χ4n) is 2.03. The first-order valence-corrected chi connectivity index (χ1v) is 8.02. The lowest BCUT2D eigenvalue weighted by Crippen LogP contribution is -2.20. The molecule has 0 fully saturated rings. The van der Waals surface area contributed by atoms with Crippen LogP contribution in [0.3, 0.4) is 0 Å². The van der Waals surface area contributed by atoms with E-state index in [1.807, 2.05) is 0 Å². The maximum atomic E-state index is 11.9. The summed E-state index contributed by atoms with van der Waals surface area (Å²) in [6, 6.07) is 11.9. The molecule has 0 aliphatic carbocycles. The highest BCUT2D eigenvalue weighted by atomic mass is 35.5. The molecule has 0 bridgehead atoms. The highest BCUT2D eigenvalue weighted by Crippen LogP contribution is 2.27. The molecule has 6 nitrogen and oxygen atoms in total. The van der Waals surface area contributed by atoms with Gasteiger partial charge in [0.15, 0.2) is 6.61 Å². The van der Waals surface area contributed by atoms with Gasteiger partial charge in [-0.15, -0.1) is 0 Å². The molecule has 7 heteroatoms. The molecule has 0 unspecified atom stereocenters. The number of benzene rings is 2. The molecule has 2 aromatic rings. The standard InChI is InChI=1S/C19H18ClNO5/c1-24-15-7-3-13(4-8-15)5-10-19(23)26-12-18(22)21-16-11-14(20)6-9-17(16)25-2/h3-11H,12H2,1-2H3,(H,21,22)/b10-5+. The summed E-state index contributed by atoms with van der Waals surface area (Å²) in [5, 5.41) is 3.03. The van der Waals surface area contributed by atoms with E-state index >= 15 is 0 Å². The van der Waals surface area contributed by atoms with E-state index in [0.29, 0.717) is 16.5 Å². The molecule has 0 saturated carbocycles. The van der Waals surface area contributed by atoms with Gasteiger partial charge in [0.05, 0.1) is 19.9 Å².